The summed E-state index contributed by atoms with van der Waals surface area (Å²) in [7, 11) is 0. The molecule has 0 heterocycles. The van der Waals surface area contributed by atoms with Gasteiger partial charge in [0.15, 0.2) is 0 Å². The monoisotopic (exact) mass is 195 g/mol. The fourth-order valence-electron chi connectivity index (χ4n) is 0.609. The second-order valence-corrected chi connectivity index (χ2v) is 3.37. The van der Waals surface area contributed by atoms with Crippen LogP contribution in [0.4, 0.5) is 0 Å². The number of alkyl halides is 1. The van der Waals surface area contributed by atoms with Crippen LogP contribution in [0.1, 0.15) is 13.8 Å². The van der Waals surface area contributed by atoms with Gasteiger partial charge in [-0.2, -0.15) is 0 Å². The van der Waals surface area contributed by atoms with Crippen LogP contribution in [0.25, 0.3) is 0 Å². The van der Waals surface area contributed by atoms with Gasteiger partial charge in [0, 0.05) is 18.0 Å². The van der Waals surface area contributed by atoms with Gasteiger partial charge in [-0.3, -0.25) is 0 Å². The lowest BCUT2D eigenvalue weighted by atomic mass is 10.2. The molecule has 0 aromatic heterocycles. The molecule has 0 fully saturated rings. The van der Waals surface area contributed by atoms with Crippen molar-refractivity contribution in [2.75, 3.05) is 19.0 Å². The molecule has 1 nitrogen and oxygen atoms in total. The van der Waals surface area contributed by atoms with Crippen LogP contribution >= 0.6 is 23.2 Å². The molecule has 1 atom stereocenters. The van der Waals surface area contributed by atoms with E-state index in [9.17, 15) is 0 Å². The summed E-state index contributed by atoms with van der Waals surface area (Å²) < 4.78 is 0. The Kier molecular flexibility index (Phi) is 7.13. The lowest BCUT2D eigenvalue weighted by Crippen LogP contribution is -2.23. The Bertz CT molecular complexity index is 123. The molecule has 0 saturated carbocycles. The van der Waals surface area contributed by atoms with Crippen molar-refractivity contribution in [1.29, 1.82) is 0 Å². The SMILES string of the molecule is CC(=CCl)CNCC(C)CCl. The Morgan fingerprint density at radius 2 is 2.27 bits per heavy atom. The fourth-order valence-corrected chi connectivity index (χ4v) is 0.795. The van der Waals surface area contributed by atoms with Crippen LogP contribution in [0.15, 0.2) is 11.1 Å². The molecule has 0 radical (unpaired) electrons. The van der Waals surface area contributed by atoms with Crippen molar-refractivity contribution in [3.63, 3.8) is 0 Å². The zero-order valence-electron chi connectivity index (χ0n) is 7.03. The van der Waals surface area contributed by atoms with Crippen molar-refractivity contribution in [3.8, 4) is 0 Å². The van der Waals surface area contributed by atoms with Gasteiger partial charge in [-0.15, -0.1) is 11.6 Å². The van der Waals surface area contributed by atoms with Crippen molar-refractivity contribution in [2.24, 2.45) is 5.92 Å². The van der Waals surface area contributed by atoms with Crippen molar-refractivity contribution in [1.82, 2.24) is 5.32 Å². The molecule has 3 heteroatoms. The highest BCUT2D eigenvalue weighted by molar-refractivity contribution is 6.25. The van der Waals surface area contributed by atoms with Gasteiger partial charge < -0.3 is 5.32 Å². The van der Waals surface area contributed by atoms with Crippen LogP contribution in [-0.2, 0) is 0 Å². The maximum absolute atomic E-state index is 5.62. The minimum Gasteiger partial charge on any atom is -0.313 e. The largest absolute Gasteiger partial charge is 0.313 e. The molecule has 11 heavy (non-hydrogen) atoms. The van der Waals surface area contributed by atoms with E-state index < -0.39 is 0 Å². The summed E-state index contributed by atoms with van der Waals surface area (Å²) in [5.74, 6) is 1.23. The first-order valence-corrected chi connectivity index (χ1v) is 4.70. The first-order chi connectivity index (χ1) is 5.20. The molecule has 0 bridgehead atoms. The number of rotatable bonds is 5. The second kappa shape index (κ2) is 6.96. The maximum atomic E-state index is 5.62. The Balaban J connectivity index is 3.27. The van der Waals surface area contributed by atoms with Gasteiger partial charge in [0.25, 0.3) is 0 Å². The molecule has 0 aliphatic rings. The van der Waals surface area contributed by atoms with Crippen LogP contribution in [0.5, 0.6) is 0 Å². The molecule has 1 unspecified atom stereocenters. The Labute approximate surface area is 78.8 Å². The first-order valence-electron chi connectivity index (χ1n) is 3.73. The van der Waals surface area contributed by atoms with Crippen molar-refractivity contribution in [2.45, 2.75) is 13.8 Å². The standard InChI is InChI=1S/C8H15Cl2N/c1-7(3-9)5-11-6-8(2)4-10/h3,8,11H,4-6H2,1-2H3. The highest BCUT2D eigenvalue weighted by Gasteiger charge is 1.97. The van der Waals surface area contributed by atoms with Gasteiger partial charge in [-0.1, -0.05) is 18.5 Å². The van der Waals surface area contributed by atoms with E-state index in [-0.39, 0.29) is 0 Å². The summed E-state index contributed by atoms with van der Waals surface area (Å²) >= 11 is 11.1. The van der Waals surface area contributed by atoms with Gasteiger partial charge in [0.2, 0.25) is 0 Å². The molecule has 1 N–H and O–H groups in total. The summed E-state index contributed by atoms with van der Waals surface area (Å²) in [6.45, 7) is 5.90. The smallest absolute Gasteiger partial charge is 0.0261 e. The third-order valence-electron chi connectivity index (χ3n) is 1.35. The number of hydrogen-bond acceptors (Lipinski definition) is 1. The average Bonchev–Trinajstić information content (AvgIpc) is 2.04. The van der Waals surface area contributed by atoms with E-state index in [1.165, 1.54) is 0 Å². The number of halogens is 2. The van der Waals surface area contributed by atoms with E-state index in [1.807, 2.05) is 6.92 Å². The predicted molar refractivity (Wildman–Crippen MR) is 52.4 cm³/mol. The summed E-state index contributed by atoms with van der Waals surface area (Å²) in [6.07, 6.45) is 0. The van der Waals surface area contributed by atoms with Crippen molar-refractivity contribution < 1.29 is 0 Å². The minimum absolute atomic E-state index is 0.528. The molecule has 0 aromatic carbocycles. The fraction of sp³-hybridized carbons (Fsp3) is 0.750. The van der Waals surface area contributed by atoms with Crippen molar-refractivity contribution >= 4 is 23.2 Å². The topological polar surface area (TPSA) is 12.0 Å². The lowest BCUT2D eigenvalue weighted by Gasteiger charge is -2.08. The molecule has 0 aromatic rings. The van der Waals surface area contributed by atoms with E-state index >= 15 is 0 Å². The molecule has 0 aliphatic carbocycles. The molecule has 66 valence electrons. The lowest BCUT2D eigenvalue weighted by molar-refractivity contribution is 0.577. The minimum atomic E-state index is 0.528. The first kappa shape index (κ1) is 11.3. The molecule has 0 rings (SSSR count). The van der Waals surface area contributed by atoms with Gasteiger partial charge in [-0.25, -0.2) is 0 Å². The van der Waals surface area contributed by atoms with Gasteiger partial charge in [0.1, 0.15) is 0 Å². The van der Waals surface area contributed by atoms with Crippen molar-refractivity contribution in [3.05, 3.63) is 11.1 Å². The van der Waals surface area contributed by atoms with Gasteiger partial charge in [-0.05, 0) is 25.0 Å². The predicted octanol–water partition coefficient (Wildman–Crippen LogP) is 2.59. The van der Waals surface area contributed by atoms with E-state index in [2.05, 4.69) is 12.2 Å². The summed E-state index contributed by atoms with van der Waals surface area (Å²) in [6, 6.07) is 0. The third kappa shape index (κ3) is 6.67. The van der Waals surface area contributed by atoms with E-state index in [1.54, 1.807) is 5.54 Å². The molecular weight excluding hydrogens is 181 g/mol. The zero-order valence-corrected chi connectivity index (χ0v) is 8.54. The zero-order chi connectivity index (χ0) is 8.69. The van der Waals surface area contributed by atoms with E-state index in [0.717, 1.165) is 18.7 Å². The summed E-state index contributed by atoms with van der Waals surface area (Å²) in [5, 5.41) is 3.25. The molecule has 0 amide bonds. The summed E-state index contributed by atoms with van der Waals surface area (Å²) in [5.41, 5.74) is 2.74. The molecule has 0 saturated heterocycles. The van der Waals surface area contributed by atoms with Crippen LogP contribution in [0.2, 0.25) is 0 Å². The third-order valence-corrected chi connectivity index (χ3v) is 2.25. The van der Waals surface area contributed by atoms with Crippen LogP contribution in [-0.4, -0.2) is 19.0 Å². The molecule has 0 aliphatic heterocycles. The van der Waals surface area contributed by atoms with Gasteiger partial charge in [0.05, 0.1) is 0 Å². The maximum Gasteiger partial charge on any atom is 0.0261 e. The molecule has 0 spiro atoms. The van der Waals surface area contributed by atoms with Crippen LogP contribution in [0.3, 0.4) is 0 Å². The van der Waals surface area contributed by atoms with Crippen LogP contribution < -0.4 is 5.32 Å². The van der Waals surface area contributed by atoms with E-state index in [4.69, 9.17) is 23.2 Å². The Morgan fingerprint density at radius 3 is 2.73 bits per heavy atom. The van der Waals surface area contributed by atoms with E-state index in [0.29, 0.717) is 11.8 Å². The Morgan fingerprint density at radius 1 is 1.64 bits per heavy atom. The quantitative estimate of drug-likeness (QED) is 0.666. The highest BCUT2D eigenvalue weighted by atomic mass is 35.5. The average molecular weight is 196 g/mol. The molecular formula is C8H15Cl2N. The Hall–Kier alpha value is 0.280. The summed E-state index contributed by atoms with van der Waals surface area (Å²) in [4.78, 5) is 0. The number of nitrogens with one attached hydrogen (secondary N) is 1. The van der Waals surface area contributed by atoms with Gasteiger partial charge >= 0.3 is 0 Å². The second-order valence-electron chi connectivity index (χ2n) is 2.85. The number of hydrogen-bond donors (Lipinski definition) is 1. The normalized spacial score (nSPS) is 15.1. The highest BCUT2D eigenvalue weighted by Crippen LogP contribution is 1.96. The van der Waals surface area contributed by atoms with Crippen LogP contribution in [0, 0.1) is 5.92 Å².